The largest absolute Gasteiger partial charge is 0.228 e. The van der Waals surface area contributed by atoms with Crippen molar-refractivity contribution in [1.29, 1.82) is 0 Å². The highest BCUT2D eigenvalue weighted by atomic mass is 32.1. The molecule has 0 bridgehead atoms. The zero-order valence-electron chi connectivity index (χ0n) is 31.7. The lowest BCUT2D eigenvalue weighted by Gasteiger charge is -2.12. The second-order valence-corrected chi connectivity index (χ2v) is 15.5. The van der Waals surface area contributed by atoms with E-state index in [-0.39, 0.29) is 0 Å². The highest BCUT2D eigenvalue weighted by Gasteiger charge is 2.18. The zero-order valence-corrected chi connectivity index (χ0v) is 32.5. The molecule has 6 heteroatoms. The quantitative estimate of drug-likeness (QED) is 0.161. The molecule has 0 aliphatic heterocycles. The van der Waals surface area contributed by atoms with E-state index in [9.17, 15) is 0 Å². The van der Waals surface area contributed by atoms with E-state index in [1.165, 1.54) is 30.9 Å². The predicted octanol–water partition coefficient (Wildman–Crippen LogP) is 13.9. The third-order valence-electron chi connectivity index (χ3n) is 10.7. The lowest BCUT2D eigenvalue weighted by molar-refractivity contribution is 1.07. The van der Waals surface area contributed by atoms with Crippen molar-refractivity contribution in [1.82, 2.24) is 24.9 Å². The fraction of sp³-hybridized carbons (Fsp3) is 0. The van der Waals surface area contributed by atoms with Crippen molar-refractivity contribution in [2.45, 2.75) is 0 Å². The zero-order chi connectivity index (χ0) is 39.1. The SMILES string of the molecule is c1ccc(-c2cc(-c3cccc(-c4cccc(-c5nc(-c6ccccc6)nc(-c6ccccc6)n5)c4)c3)nc(-c3cccc4c3sc3ccc5ccccc5c34)n2)cc1. The van der Waals surface area contributed by atoms with Gasteiger partial charge in [0.15, 0.2) is 23.3 Å². The molecule has 3 aromatic heterocycles. The summed E-state index contributed by atoms with van der Waals surface area (Å²) in [5.74, 6) is 2.59. The van der Waals surface area contributed by atoms with Crippen LogP contribution in [0.1, 0.15) is 0 Å². The summed E-state index contributed by atoms with van der Waals surface area (Å²) in [7, 11) is 0. The fourth-order valence-corrected chi connectivity index (χ4v) is 9.08. The number of nitrogens with zero attached hydrogens (tertiary/aromatic N) is 5. The molecule has 0 saturated carbocycles. The van der Waals surface area contributed by atoms with Crippen molar-refractivity contribution in [2.75, 3.05) is 0 Å². The van der Waals surface area contributed by atoms with E-state index in [1.54, 1.807) is 11.3 Å². The number of fused-ring (bicyclic) bond motifs is 5. The summed E-state index contributed by atoms with van der Waals surface area (Å²) < 4.78 is 2.44. The number of rotatable bonds is 7. The highest BCUT2D eigenvalue weighted by Crippen LogP contribution is 2.43. The first-order valence-corrected chi connectivity index (χ1v) is 20.4. The molecule has 276 valence electrons. The summed E-state index contributed by atoms with van der Waals surface area (Å²) in [5, 5.41) is 5.01. The fourth-order valence-electron chi connectivity index (χ4n) is 7.85. The molecule has 0 aliphatic carbocycles. The average Bonchev–Trinajstić information content (AvgIpc) is 3.72. The van der Waals surface area contributed by atoms with Crippen LogP contribution in [0.15, 0.2) is 200 Å². The molecule has 11 rings (SSSR count). The summed E-state index contributed by atoms with van der Waals surface area (Å²) >= 11 is 1.81. The molecule has 0 spiro atoms. The lowest BCUT2D eigenvalue weighted by atomic mass is 9.99. The highest BCUT2D eigenvalue weighted by molar-refractivity contribution is 7.26. The van der Waals surface area contributed by atoms with E-state index in [1.807, 2.05) is 66.7 Å². The molecular formula is C53H33N5S. The predicted molar refractivity (Wildman–Crippen MR) is 244 cm³/mol. The summed E-state index contributed by atoms with van der Waals surface area (Å²) in [6, 6.07) is 69.2. The van der Waals surface area contributed by atoms with Crippen LogP contribution in [0.2, 0.25) is 0 Å². The third kappa shape index (κ3) is 6.52. The van der Waals surface area contributed by atoms with Crippen molar-refractivity contribution in [3.05, 3.63) is 200 Å². The number of thiophene rings is 1. The Labute approximate surface area is 345 Å². The first-order valence-electron chi connectivity index (χ1n) is 19.6. The van der Waals surface area contributed by atoms with Gasteiger partial charge in [-0.05, 0) is 52.2 Å². The Morgan fingerprint density at radius 3 is 1.47 bits per heavy atom. The van der Waals surface area contributed by atoms with Crippen LogP contribution >= 0.6 is 11.3 Å². The van der Waals surface area contributed by atoms with Gasteiger partial charge in [-0.1, -0.05) is 170 Å². The van der Waals surface area contributed by atoms with Crippen LogP contribution in [0.5, 0.6) is 0 Å². The summed E-state index contributed by atoms with van der Waals surface area (Å²) in [6.45, 7) is 0. The second-order valence-electron chi connectivity index (χ2n) is 14.5. The number of hydrogen-bond donors (Lipinski definition) is 0. The summed E-state index contributed by atoms with van der Waals surface area (Å²) in [6.07, 6.45) is 0. The van der Waals surface area contributed by atoms with Crippen LogP contribution in [-0.2, 0) is 0 Å². The average molecular weight is 772 g/mol. The van der Waals surface area contributed by atoms with Gasteiger partial charge in [0.2, 0.25) is 0 Å². The molecule has 0 amide bonds. The molecule has 0 atom stereocenters. The standard InChI is InChI=1S/C53H33N5S/c1-4-16-35(17-5-1)45-33-46(55-53(54-45)44-28-14-27-43-48-42-26-11-10-15-34(42)29-30-47(48)59-49(43)44)40-24-12-22-38(31-40)39-23-13-25-41(32-39)52-57-50(36-18-6-2-7-19-36)56-51(58-52)37-20-8-3-9-21-37/h1-33H. The van der Waals surface area contributed by atoms with Crippen molar-refractivity contribution >= 4 is 42.3 Å². The Balaban J connectivity index is 1.03. The van der Waals surface area contributed by atoms with Gasteiger partial charge >= 0.3 is 0 Å². The van der Waals surface area contributed by atoms with Crippen LogP contribution in [-0.4, -0.2) is 24.9 Å². The summed E-state index contributed by atoms with van der Waals surface area (Å²) in [4.78, 5) is 25.4. The molecular weight excluding hydrogens is 739 g/mol. The molecule has 11 aromatic rings. The van der Waals surface area contributed by atoms with Gasteiger partial charge in [0.1, 0.15) is 0 Å². The molecule has 0 aliphatic rings. The maximum absolute atomic E-state index is 5.33. The minimum absolute atomic E-state index is 0.618. The molecule has 0 unspecified atom stereocenters. The Morgan fingerprint density at radius 1 is 0.305 bits per heavy atom. The maximum atomic E-state index is 5.33. The first kappa shape index (κ1) is 34.6. The Morgan fingerprint density at radius 2 is 0.797 bits per heavy atom. The Hall–Kier alpha value is -7.67. The van der Waals surface area contributed by atoms with E-state index in [4.69, 9.17) is 24.9 Å². The molecule has 59 heavy (non-hydrogen) atoms. The normalized spacial score (nSPS) is 11.4. The molecule has 8 aromatic carbocycles. The van der Waals surface area contributed by atoms with Gasteiger partial charge in [0, 0.05) is 53.6 Å². The minimum Gasteiger partial charge on any atom is -0.228 e. The van der Waals surface area contributed by atoms with Crippen LogP contribution in [0.25, 0.3) is 110 Å². The van der Waals surface area contributed by atoms with Gasteiger partial charge < -0.3 is 0 Å². The van der Waals surface area contributed by atoms with Crippen LogP contribution in [0, 0.1) is 0 Å². The topological polar surface area (TPSA) is 64.5 Å². The first-order chi connectivity index (χ1) is 29.2. The van der Waals surface area contributed by atoms with Gasteiger partial charge in [-0.15, -0.1) is 11.3 Å². The monoisotopic (exact) mass is 771 g/mol. The van der Waals surface area contributed by atoms with Gasteiger partial charge in [0.05, 0.1) is 11.4 Å². The molecule has 0 fully saturated rings. The van der Waals surface area contributed by atoms with Crippen LogP contribution in [0.3, 0.4) is 0 Å². The van der Waals surface area contributed by atoms with E-state index in [0.717, 1.165) is 55.9 Å². The van der Waals surface area contributed by atoms with Crippen molar-refractivity contribution in [2.24, 2.45) is 0 Å². The van der Waals surface area contributed by atoms with Gasteiger partial charge in [-0.2, -0.15) is 0 Å². The van der Waals surface area contributed by atoms with Crippen molar-refractivity contribution in [3.8, 4) is 79.2 Å². The van der Waals surface area contributed by atoms with Gasteiger partial charge in [0.25, 0.3) is 0 Å². The second kappa shape index (κ2) is 14.7. The summed E-state index contributed by atoms with van der Waals surface area (Å²) in [5.41, 5.74) is 9.69. The smallest absolute Gasteiger partial charge is 0.164 e. The van der Waals surface area contributed by atoms with Gasteiger partial charge in [-0.25, -0.2) is 24.9 Å². The van der Waals surface area contributed by atoms with Crippen molar-refractivity contribution < 1.29 is 0 Å². The molecule has 0 saturated heterocycles. The molecule has 0 N–H and O–H groups in total. The number of benzene rings is 8. The van der Waals surface area contributed by atoms with Gasteiger partial charge in [-0.3, -0.25) is 0 Å². The van der Waals surface area contributed by atoms with E-state index < -0.39 is 0 Å². The van der Waals surface area contributed by atoms with Crippen LogP contribution in [0.4, 0.5) is 0 Å². The molecule has 5 nitrogen and oxygen atoms in total. The van der Waals surface area contributed by atoms with E-state index in [0.29, 0.717) is 23.3 Å². The molecule has 0 radical (unpaired) electrons. The Bertz CT molecular complexity index is 3270. The van der Waals surface area contributed by atoms with Crippen molar-refractivity contribution in [3.63, 3.8) is 0 Å². The van der Waals surface area contributed by atoms with E-state index in [2.05, 4.69) is 133 Å². The maximum Gasteiger partial charge on any atom is 0.164 e. The third-order valence-corrected chi connectivity index (χ3v) is 11.9. The lowest BCUT2D eigenvalue weighted by Crippen LogP contribution is -2.00. The Kier molecular flexibility index (Phi) is 8.60. The minimum atomic E-state index is 0.618. The van der Waals surface area contributed by atoms with E-state index >= 15 is 0 Å². The molecule has 3 heterocycles. The van der Waals surface area contributed by atoms with Crippen LogP contribution < -0.4 is 0 Å². The number of aromatic nitrogens is 5. The number of hydrogen-bond acceptors (Lipinski definition) is 6.